The maximum Gasteiger partial charge on any atom is 0.126 e. The Hall–Kier alpha value is -0.890. The molecule has 0 aliphatic carbocycles. The summed E-state index contributed by atoms with van der Waals surface area (Å²) in [4.78, 5) is 0. The van der Waals surface area contributed by atoms with Gasteiger partial charge in [0.2, 0.25) is 0 Å². The van der Waals surface area contributed by atoms with Crippen molar-refractivity contribution in [2.24, 2.45) is 0 Å². The van der Waals surface area contributed by atoms with E-state index in [0.29, 0.717) is 6.04 Å². The normalized spacial score (nSPS) is 21.6. The summed E-state index contributed by atoms with van der Waals surface area (Å²) >= 11 is 0. The van der Waals surface area contributed by atoms with E-state index in [0.717, 1.165) is 24.1 Å². The van der Waals surface area contributed by atoms with Gasteiger partial charge >= 0.3 is 0 Å². The first kappa shape index (κ1) is 10.6. The van der Waals surface area contributed by atoms with Gasteiger partial charge in [-0.1, -0.05) is 18.6 Å². The number of rotatable bonds is 2. The van der Waals surface area contributed by atoms with Gasteiger partial charge in [-0.3, -0.25) is 0 Å². The van der Waals surface area contributed by atoms with Crippen LogP contribution in [0.5, 0.6) is 0 Å². The van der Waals surface area contributed by atoms with E-state index < -0.39 is 0 Å². The fourth-order valence-electron chi connectivity index (χ4n) is 2.15. The van der Waals surface area contributed by atoms with Crippen molar-refractivity contribution >= 4 is 0 Å². The van der Waals surface area contributed by atoms with Crippen LogP contribution < -0.4 is 5.32 Å². The molecule has 0 spiro atoms. The molecule has 1 saturated heterocycles. The van der Waals surface area contributed by atoms with Gasteiger partial charge in [-0.2, -0.15) is 0 Å². The number of hydrogen-bond acceptors (Lipinski definition) is 1. The average molecular weight is 207 g/mol. The van der Waals surface area contributed by atoms with E-state index in [4.69, 9.17) is 0 Å². The number of aryl methyl sites for hydroxylation is 1. The van der Waals surface area contributed by atoms with Gasteiger partial charge in [0.15, 0.2) is 0 Å². The predicted molar refractivity (Wildman–Crippen MR) is 60.5 cm³/mol. The highest BCUT2D eigenvalue weighted by Crippen LogP contribution is 2.15. The lowest BCUT2D eigenvalue weighted by Gasteiger charge is -2.23. The van der Waals surface area contributed by atoms with Crippen molar-refractivity contribution in [3.63, 3.8) is 0 Å². The summed E-state index contributed by atoms with van der Waals surface area (Å²) in [6, 6.07) is 6.12. The van der Waals surface area contributed by atoms with Gasteiger partial charge in [-0.15, -0.1) is 0 Å². The van der Waals surface area contributed by atoms with Crippen molar-refractivity contribution in [2.75, 3.05) is 6.54 Å². The molecule has 0 saturated carbocycles. The molecule has 1 N–H and O–H groups in total. The van der Waals surface area contributed by atoms with Gasteiger partial charge in [0.05, 0.1) is 0 Å². The molecule has 2 rings (SSSR count). The third-order valence-electron chi connectivity index (χ3n) is 3.13. The zero-order valence-corrected chi connectivity index (χ0v) is 9.22. The van der Waals surface area contributed by atoms with Crippen LogP contribution in [0.25, 0.3) is 0 Å². The summed E-state index contributed by atoms with van der Waals surface area (Å²) in [6.45, 7) is 2.91. The second kappa shape index (κ2) is 4.75. The Kier molecular flexibility index (Phi) is 3.37. The lowest BCUT2D eigenvalue weighted by Crippen LogP contribution is -2.35. The molecule has 1 fully saturated rings. The van der Waals surface area contributed by atoms with Crippen LogP contribution in [0, 0.1) is 12.7 Å². The van der Waals surface area contributed by atoms with Crippen LogP contribution in [0.3, 0.4) is 0 Å². The molecule has 0 aromatic heterocycles. The zero-order valence-electron chi connectivity index (χ0n) is 9.22. The van der Waals surface area contributed by atoms with E-state index in [1.165, 1.54) is 19.3 Å². The fourth-order valence-corrected chi connectivity index (χ4v) is 2.15. The topological polar surface area (TPSA) is 12.0 Å². The first-order valence-corrected chi connectivity index (χ1v) is 5.74. The highest BCUT2D eigenvalue weighted by Gasteiger charge is 2.13. The van der Waals surface area contributed by atoms with E-state index in [9.17, 15) is 4.39 Å². The molecule has 15 heavy (non-hydrogen) atoms. The molecular weight excluding hydrogens is 189 g/mol. The summed E-state index contributed by atoms with van der Waals surface area (Å²) in [7, 11) is 0. The van der Waals surface area contributed by atoms with Crippen LogP contribution in [-0.2, 0) is 6.42 Å². The van der Waals surface area contributed by atoms with Crippen LogP contribution in [0.4, 0.5) is 4.39 Å². The molecule has 2 heteroatoms. The van der Waals surface area contributed by atoms with Crippen LogP contribution >= 0.6 is 0 Å². The van der Waals surface area contributed by atoms with Crippen molar-refractivity contribution in [2.45, 2.75) is 38.6 Å². The molecule has 82 valence electrons. The second-order valence-electron chi connectivity index (χ2n) is 4.43. The third-order valence-corrected chi connectivity index (χ3v) is 3.13. The maximum absolute atomic E-state index is 13.3. The SMILES string of the molecule is Cc1ccc(C[C@H]2CCCCN2)cc1F. The molecular formula is C13H18FN. The fraction of sp³-hybridized carbons (Fsp3) is 0.538. The zero-order chi connectivity index (χ0) is 10.7. The van der Waals surface area contributed by atoms with E-state index in [-0.39, 0.29) is 5.82 Å². The standard InChI is InChI=1S/C13H18FN/c1-10-5-6-11(9-13(10)14)8-12-4-2-3-7-15-12/h5-6,9,12,15H,2-4,7-8H2,1H3/t12-/m1/s1. The average Bonchev–Trinajstić information content (AvgIpc) is 2.25. The van der Waals surface area contributed by atoms with Crippen molar-refractivity contribution < 1.29 is 4.39 Å². The molecule has 0 radical (unpaired) electrons. The molecule has 1 aromatic carbocycles. The smallest absolute Gasteiger partial charge is 0.126 e. The highest BCUT2D eigenvalue weighted by molar-refractivity contribution is 5.24. The maximum atomic E-state index is 13.3. The number of halogens is 1. The molecule has 0 bridgehead atoms. The lowest BCUT2D eigenvalue weighted by molar-refractivity contribution is 0.399. The Morgan fingerprint density at radius 3 is 2.93 bits per heavy atom. The molecule has 1 heterocycles. The molecule has 1 nitrogen and oxygen atoms in total. The molecule has 1 atom stereocenters. The van der Waals surface area contributed by atoms with Gasteiger partial charge in [0, 0.05) is 6.04 Å². The molecule has 1 aliphatic rings. The Morgan fingerprint density at radius 2 is 2.27 bits per heavy atom. The van der Waals surface area contributed by atoms with E-state index >= 15 is 0 Å². The second-order valence-corrected chi connectivity index (χ2v) is 4.43. The number of piperidine rings is 1. The van der Waals surface area contributed by atoms with Crippen LogP contribution in [0.2, 0.25) is 0 Å². The van der Waals surface area contributed by atoms with Crippen molar-refractivity contribution in [1.29, 1.82) is 0 Å². The summed E-state index contributed by atoms with van der Waals surface area (Å²) in [5, 5.41) is 3.48. The third kappa shape index (κ3) is 2.78. The highest BCUT2D eigenvalue weighted by atomic mass is 19.1. The molecule has 0 unspecified atom stereocenters. The molecule has 0 amide bonds. The molecule has 1 aromatic rings. The molecule has 1 aliphatic heterocycles. The minimum absolute atomic E-state index is 0.0803. The Labute approximate surface area is 90.7 Å². The van der Waals surface area contributed by atoms with Gasteiger partial charge < -0.3 is 5.32 Å². The van der Waals surface area contributed by atoms with Crippen molar-refractivity contribution in [3.8, 4) is 0 Å². The van der Waals surface area contributed by atoms with Gasteiger partial charge in [-0.25, -0.2) is 4.39 Å². The number of hydrogen-bond donors (Lipinski definition) is 1. The largest absolute Gasteiger partial charge is 0.314 e. The van der Waals surface area contributed by atoms with Crippen molar-refractivity contribution in [1.82, 2.24) is 5.32 Å². The van der Waals surface area contributed by atoms with Gasteiger partial charge in [0.1, 0.15) is 5.82 Å². The Bertz CT molecular complexity index is 329. The van der Waals surface area contributed by atoms with Gasteiger partial charge in [-0.05, 0) is 49.9 Å². The van der Waals surface area contributed by atoms with Crippen LogP contribution in [0.1, 0.15) is 30.4 Å². The minimum atomic E-state index is -0.0803. The predicted octanol–water partition coefficient (Wildman–Crippen LogP) is 2.82. The Balaban J connectivity index is 2.00. The summed E-state index contributed by atoms with van der Waals surface area (Å²) in [5.74, 6) is -0.0803. The first-order valence-electron chi connectivity index (χ1n) is 5.74. The minimum Gasteiger partial charge on any atom is -0.314 e. The van der Waals surface area contributed by atoms with Gasteiger partial charge in [0.25, 0.3) is 0 Å². The first-order chi connectivity index (χ1) is 7.25. The van der Waals surface area contributed by atoms with Crippen molar-refractivity contribution in [3.05, 3.63) is 35.1 Å². The quantitative estimate of drug-likeness (QED) is 0.786. The van der Waals surface area contributed by atoms with E-state index in [2.05, 4.69) is 5.32 Å². The van der Waals surface area contributed by atoms with Crippen LogP contribution in [0.15, 0.2) is 18.2 Å². The number of benzene rings is 1. The monoisotopic (exact) mass is 207 g/mol. The lowest BCUT2D eigenvalue weighted by atomic mass is 9.97. The summed E-state index contributed by atoms with van der Waals surface area (Å²) in [5.41, 5.74) is 1.84. The Morgan fingerprint density at radius 1 is 1.40 bits per heavy atom. The van der Waals surface area contributed by atoms with Crippen LogP contribution in [-0.4, -0.2) is 12.6 Å². The summed E-state index contributed by atoms with van der Waals surface area (Å²) in [6.07, 6.45) is 4.75. The summed E-state index contributed by atoms with van der Waals surface area (Å²) < 4.78 is 13.3. The van der Waals surface area contributed by atoms with E-state index in [1.807, 2.05) is 12.1 Å². The van der Waals surface area contributed by atoms with E-state index in [1.54, 1.807) is 13.0 Å². The number of nitrogens with one attached hydrogen (secondary N) is 1.